The van der Waals surface area contributed by atoms with Gasteiger partial charge in [-0.1, -0.05) is 6.07 Å². The molecule has 0 saturated carbocycles. The smallest absolute Gasteiger partial charge is 0.342 e. The summed E-state index contributed by atoms with van der Waals surface area (Å²) in [5.74, 6) is -0.232. The number of aryl methyl sites for hydroxylation is 2. The average molecular weight is 406 g/mol. The lowest BCUT2D eigenvalue weighted by atomic mass is 10.2. The highest BCUT2D eigenvalue weighted by Crippen LogP contribution is 2.23. The van der Waals surface area contributed by atoms with E-state index < -0.39 is 28.5 Å². The first-order valence-electron chi connectivity index (χ1n) is 8.91. The molecule has 2 aromatic rings. The van der Waals surface area contributed by atoms with Crippen molar-refractivity contribution >= 4 is 27.6 Å². The van der Waals surface area contributed by atoms with E-state index >= 15 is 0 Å². The van der Waals surface area contributed by atoms with Gasteiger partial charge in [0.25, 0.3) is 5.91 Å². The van der Waals surface area contributed by atoms with Gasteiger partial charge in [0.15, 0.2) is 6.61 Å². The van der Waals surface area contributed by atoms with Crippen molar-refractivity contribution in [1.29, 1.82) is 0 Å². The summed E-state index contributed by atoms with van der Waals surface area (Å²) in [6.45, 7) is 3.85. The minimum atomic E-state index is -3.57. The Morgan fingerprint density at radius 2 is 1.89 bits per heavy atom. The Labute approximate surface area is 163 Å². The van der Waals surface area contributed by atoms with Gasteiger partial charge in [-0.15, -0.1) is 0 Å². The SMILES string of the molecule is Cc1cc(C(=O)OCC(=O)Nc2cccc(S(=O)(=O)N3CCCC3)c2)c(C)o1. The first-order valence-corrected chi connectivity index (χ1v) is 10.4. The van der Waals surface area contributed by atoms with Crippen LogP contribution in [-0.4, -0.2) is 44.3 Å². The Hall–Kier alpha value is -2.65. The summed E-state index contributed by atoms with van der Waals surface area (Å²) in [5.41, 5.74) is 0.584. The maximum Gasteiger partial charge on any atom is 0.342 e. The molecule has 1 aliphatic rings. The molecule has 0 unspecified atom stereocenters. The van der Waals surface area contributed by atoms with E-state index in [1.54, 1.807) is 32.0 Å². The minimum absolute atomic E-state index is 0.119. The molecule has 1 N–H and O–H groups in total. The summed E-state index contributed by atoms with van der Waals surface area (Å²) in [6, 6.07) is 7.57. The number of esters is 1. The van der Waals surface area contributed by atoms with E-state index in [2.05, 4.69) is 5.32 Å². The fourth-order valence-corrected chi connectivity index (χ4v) is 4.61. The third-order valence-corrected chi connectivity index (χ3v) is 6.31. The third kappa shape index (κ3) is 4.42. The summed E-state index contributed by atoms with van der Waals surface area (Å²) in [6.07, 6.45) is 1.69. The molecule has 1 aromatic heterocycles. The molecule has 1 aliphatic heterocycles. The molecular formula is C19H22N2O6S. The molecule has 150 valence electrons. The van der Waals surface area contributed by atoms with Crippen molar-refractivity contribution in [2.24, 2.45) is 0 Å². The topological polar surface area (TPSA) is 106 Å². The molecule has 1 aromatic carbocycles. The van der Waals surface area contributed by atoms with E-state index in [0.29, 0.717) is 30.3 Å². The number of anilines is 1. The van der Waals surface area contributed by atoms with Crippen molar-refractivity contribution in [3.63, 3.8) is 0 Å². The lowest BCUT2D eigenvalue weighted by molar-refractivity contribution is -0.119. The van der Waals surface area contributed by atoms with Gasteiger partial charge in [-0.2, -0.15) is 4.31 Å². The van der Waals surface area contributed by atoms with Crippen molar-refractivity contribution < 1.29 is 27.2 Å². The van der Waals surface area contributed by atoms with Gasteiger partial charge in [-0.25, -0.2) is 13.2 Å². The van der Waals surface area contributed by atoms with Crippen LogP contribution in [0.25, 0.3) is 0 Å². The van der Waals surface area contributed by atoms with Gasteiger partial charge in [0.2, 0.25) is 10.0 Å². The van der Waals surface area contributed by atoms with Gasteiger partial charge in [-0.05, 0) is 51.0 Å². The largest absolute Gasteiger partial charge is 0.466 e. The molecular weight excluding hydrogens is 384 g/mol. The monoisotopic (exact) mass is 406 g/mol. The highest BCUT2D eigenvalue weighted by molar-refractivity contribution is 7.89. The fourth-order valence-electron chi connectivity index (χ4n) is 3.05. The van der Waals surface area contributed by atoms with Gasteiger partial charge in [0.1, 0.15) is 17.1 Å². The summed E-state index contributed by atoms with van der Waals surface area (Å²) in [4.78, 5) is 24.2. The molecule has 9 heteroatoms. The third-order valence-electron chi connectivity index (χ3n) is 4.42. The summed E-state index contributed by atoms with van der Waals surface area (Å²) >= 11 is 0. The quantitative estimate of drug-likeness (QED) is 0.739. The minimum Gasteiger partial charge on any atom is -0.466 e. The van der Waals surface area contributed by atoms with Crippen molar-refractivity contribution in [2.45, 2.75) is 31.6 Å². The lowest BCUT2D eigenvalue weighted by Crippen LogP contribution is -2.28. The number of hydrogen-bond donors (Lipinski definition) is 1. The molecule has 1 saturated heterocycles. The number of furan rings is 1. The van der Waals surface area contributed by atoms with Crippen LogP contribution >= 0.6 is 0 Å². The van der Waals surface area contributed by atoms with Crippen molar-refractivity contribution in [2.75, 3.05) is 25.0 Å². The van der Waals surface area contributed by atoms with Crippen molar-refractivity contribution in [3.05, 3.63) is 47.4 Å². The summed E-state index contributed by atoms with van der Waals surface area (Å²) < 4.78 is 36.9. The number of hydrogen-bond acceptors (Lipinski definition) is 6. The zero-order chi connectivity index (χ0) is 20.3. The normalized spacial score (nSPS) is 14.8. The van der Waals surface area contributed by atoms with Crippen LogP contribution in [0.2, 0.25) is 0 Å². The van der Waals surface area contributed by atoms with Crippen LogP contribution in [0.4, 0.5) is 5.69 Å². The second-order valence-electron chi connectivity index (χ2n) is 6.59. The standard InChI is InChI=1S/C19H22N2O6S/c1-13-10-17(14(2)27-13)19(23)26-12-18(22)20-15-6-5-7-16(11-15)28(24,25)21-8-3-4-9-21/h5-7,10-11H,3-4,8-9,12H2,1-2H3,(H,20,22). The van der Waals surface area contributed by atoms with E-state index in [-0.39, 0.29) is 10.5 Å². The number of nitrogens with zero attached hydrogens (tertiary/aromatic N) is 1. The first kappa shape index (κ1) is 20.1. The van der Waals surface area contributed by atoms with Crippen LogP contribution < -0.4 is 5.32 Å². The second kappa shape index (κ2) is 8.15. The zero-order valence-electron chi connectivity index (χ0n) is 15.7. The zero-order valence-corrected chi connectivity index (χ0v) is 16.5. The van der Waals surface area contributed by atoms with Gasteiger partial charge in [0.05, 0.1) is 4.90 Å². The average Bonchev–Trinajstić information content (AvgIpc) is 3.30. The van der Waals surface area contributed by atoms with Gasteiger partial charge < -0.3 is 14.5 Å². The number of rotatable bonds is 6. The Morgan fingerprint density at radius 1 is 1.18 bits per heavy atom. The van der Waals surface area contributed by atoms with Crippen molar-refractivity contribution in [1.82, 2.24) is 4.31 Å². The number of amides is 1. The molecule has 3 rings (SSSR count). The van der Waals surface area contributed by atoms with E-state index in [4.69, 9.17) is 9.15 Å². The number of carbonyl (C=O) groups excluding carboxylic acids is 2. The highest BCUT2D eigenvalue weighted by atomic mass is 32.2. The van der Waals surface area contributed by atoms with Crippen LogP contribution in [0, 0.1) is 13.8 Å². The molecule has 2 heterocycles. The number of sulfonamides is 1. The molecule has 0 radical (unpaired) electrons. The molecule has 28 heavy (non-hydrogen) atoms. The Balaban J connectivity index is 1.61. The van der Waals surface area contributed by atoms with Gasteiger partial charge in [-0.3, -0.25) is 4.79 Å². The highest BCUT2D eigenvalue weighted by Gasteiger charge is 2.27. The molecule has 0 bridgehead atoms. The van der Waals surface area contributed by atoms with E-state index in [1.165, 1.54) is 16.4 Å². The number of benzene rings is 1. The summed E-state index contributed by atoms with van der Waals surface area (Å²) in [7, 11) is -3.57. The Kier molecular flexibility index (Phi) is 5.85. The Morgan fingerprint density at radius 3 is 2.54 bits per heavy atom. The maximum absolute atomic E-state index is 12.6. The predicted molar refractivity (Wildman–Crippen MR) is 102 cm³/mol. The van der Waals surface area contributed by atoms with Crippen LogP contribution in [0.15, 0.2) is 39.6 Å². The second-order valence-corrected chi connectivity index (χ2v) is 8.53. The fraction of sp³-hybridized carbons (Fsp3) is 0.368. The predicted octanol–water partition coefficient (Wildman–Crippen LogP) is 2.48. The first-order chi connectivity index (χ1) is 13.3. The molecule has 1 fully saturated rings. The van der Waals surface area contributed by atoms with Gasteiger partial charge >= 0.3 is 5.97 Å². The molecule has 0 atom stereocenters. The van der Waals surface area contributed by atoms with E-state index in [9.17, 15) is 18.0 Å². The molecule has 0 spiro atoms. The van der Waals surface area contributed by atoms with E-state index in [1.807, 2.05) is 0 Å². The summed E-state index contributed by atoms with van der Waals surface area (Å²) in [5, 5.41) is 2.55. The van der Waals surface area contributed by atoms with Crippen LogP contribution in [-0.2, 0) is 19.6 Å². The number of carbonyl (C=O) groups is 2. The molecule has 8 nitrogen and oxygen atoms in total. The lowest BCUT2D eigenvalue weighted by Gasteiger charge is -2.16. The van der Waals surface area contributed by atoms with Crippen LogP contribution in [0.5, 0.6) is 0 Å². The molecule has 1 amide bonds. The van der Waals surface area contributed by atoms with Gasteiger partial charge in [0, 0.05) is 18.8 Å². The van der Waals surface area contributed by atoms with Crippen LogP contribution in [0.3, 0.4) is 0 Å². The maximum atomic E-state index is 12.6. The number of nitrogens with one attached hydrogen (secondary N) is 1. The number of ether oxygens (including phenoxy) is 1. The van der Waals surface area contributed by atoms with Crippen LogP contribution in [0.1, 0.15) is 34.7 Å². The van der Waals surface area contributed by atoms with E-state index in [0.717, 1.165) is 12.8 Å². The van der Waals surface area contributed by atoms with Crippen molar-refractivity contribution in [3.8, 4) is 0 Å². The Bertz CT molecular complexity index is 990. The molecule has 0 aliphatic carbocycles.